The summed E-state index contributed by atoms with van der Waals surface area (Å²) in [4.78, 5) is 35.5. The van der Waals surface area contributed by atoms with Crippen LogP contribution in [0.4, 0.5) is 22.2 Å². The predicted molar refractivity (Wildman–Crippen MR) is 149 cm³/mol. The molecule has 2 aromatic rings. The van der Waals surface area contributed by atoms with Gasteiger partial charge in [-0.25, -0.2) is 9.78 Å². The Morgan fingerprint density at radius 3 is 2.53 bits per heavy atom. The number of amides is 2. The molecule has 1 saturated heterocycles. The first kappa shape index (κ1) is 29.2. The van der Waals surface area contributed by atoms with Gasteiger partial charge in [-0.3, -0.25) is 4.79 Å². The van der Waals surface area contributed by atoms with Crippen molar-refractivity contribution in [2.75, 3.05) is 23.3 Å². The second-order valence-corrected chi connectivity index (χ2v) is 11.9. The minimum Gasteiger partial charge on any atom is -0.444 e. The van der Waals surface area contributed by atoms with Crippen LogP contribution in [0, 0.1) is 0 Å². The van der Waals surface area contributed by atoms with Crippen LogP contribution in [0.3, 0.4) is 0 Å². The van der Waals surface area contributed by atoms with E-state index in [0.29, 0.717) is 31.1 Å². The molecule has 5 N–H and O–H groups in total. The first-order valence-corrected chi connectivity index (χ1v) is 13.2. The standard InChI is InChI=1S/C28H42N6O4/c1-8-22(35)17-12-18(27(2,3)4)14-20(13-17)31-24-21(23(29)36)15-30-25(33-24)34-11-9-10-19(16-34)32-26(37)38-28(5,6)7/h12-15,19,22,35H,8-11,16H2,1-7H3,(H2,29,36)(H,32,37)(H,30,31,33)/t19-,22?/m1/s1. The van der Waals surface area contributed by atoms with E-state index in [4.69, 9.17) is 10.5 Å². The molecule has 1 aromatic heterocycles. The zero-order valence-corrected chi connectivity index (χ0v) is 23.6. The molecule has 0 bridgehead atoms. The number of hydrogen-bond donors (Lipinski definition) is 4. The van der Waals surface area contributed by atoms with E-state index < -0.39 is 23.7 Å². The van der Waals surface area contributed by atoms with E-state index in [1.165, 1.54) is 6.20 Å². The van der Waals surface area contributed by atoms with Crippen molar-refractivity contribution in [1.29, 1.82) is 0 Å². The summed E-state index contributed by atoms with van der Waals surface area (Å²) in [6, 6.07) is 5.72. The number of nitrogens with zero attached hydrogens (tertiary/aromatic N) is 3. The third kappa shape index (κ3) is 7.80. The number of piperidine rings is 1. The van der Waals surface area contributed by atoms with Gasteiger partial charge in [-0.15, -0.1) is 0 Å². The highest BCUT2D eigenvalue weighted by Crippen LogP contribution is 2.32. The van der Waals surface area contributed by atoms with Crippen LogP contribution in [0.2, 0.25) is 0 Å². The minimum atomic E-state index is -0.650. The molecule has 10 heteroatoms. The molecule has 1 fully saturated rings. The first-order chi connectivity index (χ1) is 17.7. The highest BCUT2D eigenvalue weighted by molar-refractivity contribution is 5.98. The fraction of sp³-hybridized carbons (Fsp3) is 0.571. The molecule has 2 heterocycles. The van der Waals surface area contributed by atoms with Crippen molar-refractivity contribution in [3.05, 3.63) is 41.1 Å². The van der Waals surface area contributed by atoms with Crippen LogP contribution in [0.5, 0.6) is 0 Å². The van der Waals surface area contributed by atoms with Crippen LogP contribution in [-0.4, -0.2) is 51.8 Å². The average Bonchev–Trinajstić information content (AvgIpc) is 2.81. The number of aliphatic hydroxyl groups excluding tert-OH is 1. The summed E-state index contributed by atoms with van der Waals surface area (Å²) in [6.07, 6.45) is 2.56. The molecule has 208 valence electrons. The third-order valence-corrected chi connectivity index (χ3v) is 6.32. The van der Waals surface area contributed by atoms with Gasteiger partial charge in [-0.05, 0) is 68.7 Å². The molecule has 1 aliphatic heterocycles. The van der Waals surface area contributed by atoms with Gasteiger partial charge >= 0.3 is 6.09 Å². The number of carbonyl (C=O) groups excluding carboxylic acids is 2. The molecule has 1 aliphatic rings. The third-order valence-electron chi connectivity index (χ3n) is 6.32. The number of nitrogens with one attached hydrogen (secondary N) is 2. The maximum Gasteiger partial charge on any atom is 0.407 e. The van der Waals surface area contributed by atoms with E-state index in [-0.39, 0.29) is 22.8 Å². The second kappa shape index (κ2) is 11.6. The smallest absolute Gasteiger partial charge is 0.407 e. The summed E-state index contributed by atoms with van der Waals surface area (Å²) in [5.41, 5.74) is 7.58. The Morgan fingerprint density at radius 1 is 1.21 bits per heavy atom. The highest BCUT2D eigenvalue weighted by atomic mass is 16.6. The first-order valence-electron chi connectivity index (χ1n) is 13.2. The van der Waals surface area contributed by atoms with Crippen molar-refractivity contribution in [1.82, 2.24) is 15.3 Å². The van der Waals surface area contributed by atoms with Gasteiger partial charge in [0.2, 0.25) is 5.95 Å². The number of nitrogens with two attached hydrogens (primary N) is 1. The molecule has 10 nitrogen and oxygen atoms in total. The monoisotopic (exact) mass is 526 g/mol. The molecule has 1 aromatic carbocycles. The number of anilines is 3. The maximum atomic E-state index is 12.3. The average molecular weight is 527 g/mol. The Kier molecular flexibility index (Phi) is 8.86. The number of alkyl carbamates (subject to hydrolysis) is 1. The number of primary amides is 1. The molecule has 0 radical (unpaired) electrons. The van der Waals surface area contributed by atoms with Gasteiger partial charge < -0.3 is 31.1 Å². The summed E-state index contributed by atoms with van der Waals surface area (Å²) < 4.78 is 5.40. The van der Waals surface area contributed by atoms with Gasteiger partial charge in [0.1, 0.15) is 17.0 Å². The fourth-order valence-electron chi connectivity index (χ4n) is 4.27. The van der Waals surface area contributed by atoms with Crippen LogP contribution in [0.15, 0.2) is 24.4 Å². The predicted octanol–water partition coefficient (Wildman–Crippen LogP) is 4.55. The lowest BCUT2D eigenvalue weighted by Crippen LogP contribution is -2.49. The van der Waals surface area contributed by atoms with Crippen molar-refractivity contribution < 1.29 is 19.4 Å². The summed E-state index contributed by atoms with van der Waals surface area (Å²) in [7, 11) is 0. The van der Waals surface area contributed by atoms with E-state index >= 15 is 0 Å². The molecular weight excluding hydrogens is 484 g/mol. The van der Waals surface area contributed by atoms with Crippen molar-refractivity contribution in [2.45, 2.75) is 90.9 Å². The lowest BCUT2D eigenvalue weighted by molar-refractivity contribution is 0.0499. The quantitative estimate of drug-likeness (QED) is 0.411. The van der Waals surface area contributed by atoms with Crippen LogP contribution in [-0.2, 0) is 10.2 Å². The Hall–Kier alpha value is -3.40. The Morgan fingerprint density at radius 2 is 1.92 bits per heavy atom. The van der Waals surface area contributed by atoms with Crippen LogP contribution in [0.25, 0.3) is 0 Å². The van der Waals surface area contributed by atoms with E-state index in [9.17, 15) is 14.7 Å². The molecular formula is C28H42N6O4. The Bertz CT molecular complexity index is 1160. The van der Waals surface area contributed by atoms with Crippen molar-refractivity contribution in [2.24, 2.45) is 5.73 Å². The molecule has 38 heavy (non-hydrogen) atoms. The Labute approximate surface area is 225 Å². The zero-order valence-electron chi connectivity index (χ0n) is 23.6. The lowest BCUT2D eigenvalue weighted by Gasteiger charge is -2.33. The molecule has 0 spiro atoms. The van der Waals surface area contributed by atoms with E-state index in [2.05, 4.69) is 41.4 Å². The van der Waals surface area contributed by atoms with Crippen molar-refractivity contribution >= 4 is 29.5 Å². The normalized spacial score (nSPS) is 17.1. The van der Waals surface area contributed by atoms with Crippen LogP contribution < -0.4 is 21.3 Å². The number of aliphatic hydroxyl groups is 1. The Balaban J connectivity index is 1.89. The number of hydrogen-bond acceptors (Lipinski definition) is 8. The van der Waals surface area contributed by atoms with Crippen LogP contribution >= 0.6 is 0 Å². The van der Waals surface area contributed by atoms with Gasteiger partial charge in [0, 0.05) is 31.0 Å². The molecule has 0 saturated carbocycles. The molecule has 0 aliphatic carbocycles. The number of aromatic nitrogens is 2. The number of carbonyl (C=O) groups is 2. The molecule has 2 atom stereocenters. The topological polar surface area (TPSA) is 143 Å². The van der Waals surface area contributed by atoms with Gasteiger partial charge in [0.25, 0.3) is 5.91 Å². The van der Waals surface area contributed by atoms with E-state index in [1.54, 1.807) is 0 Å². The zero-order chi connectivity index (χ0) is 28.3. The van der Waals surface area contributed by atoms with E-state index in [1.807, 2.05) is 50.8 Å². The van der Waals surface area contributed by atoms with Crippen molar-refractivity contribution in [3.8, 4) is 0 Å². The maximum absolute atomic E-state index is 12.3. The number of benzene rings is 1. The van der Waals surface area contributed by atoms with Gasteiger partial charge in [0.05, 0.1) is 6.10 Å². The van der Waals surface area contributed by atoms with Gasteiger partial charge in [-0.2, -0.15) is 4.98 Å². The summed E-state index contributed by atoms with van der Waals surface area (Å²) in [6.45, 7) is 14.9. The summed E-state index contributed by atoms with van der Waals surface area (Å²) in [5.74, 6) is 0.0599. The molecule has 3 rings (SSSR count). The minimum absolute atomic E-state index is 0.129. The number of ether oxygens (including phenoxy) is 1. The molecule has 2 amide bonds. The van der Waals surface area contributed by atoms with Crippen molar-refractivity contribution in [3.63, 3.8) is 0 Å². The fourth-order valence-corrected chi connectivity index (χ4v) is 4.27. The van der Waals surface area contributed by atoms with E-state index in [0.717, 1.165) is 24.0 Å². The second-order valence-electron chi connectivity index (χ2n) is 11.9. The molecule has 1 unspecified atom stereocenters. The number of rotatable bonds is 7. The van der Waals surface area contributed by atoms with Gasteiger partial charge in [-0.1, -0.05) is 33.8 Å². The SMILES string of the molecule is CCC(O)c1cc(Nc2nc(N3CCC[C@@H](NC(=O)OC(C)(C)C)C3)ncc2C(N)=O)cc(C(C)(C)C)c1. The lowest BCUT2D eigenvalue weighted by atomic mass is 9.85. The largest absolute Gasteiger partial charge is 0.444 e. The van der Waals surface area contributed by atoms with Gasteiger partial charge in [0.15, 0.2) is 0 Å². The summed E-state index contributed by atoms with van der Waals surface area (Å²) >= 11 is 0. The summed E-state index contributed by atoms with van der Waals surface area (Å²) in [5, 5.41) is 16.7. The highest BCUT2D eigenvalue weighted by Gasteiger charge is 2.27. The van der Waals surface area contributed by atoms with Crippen LogP contribution in [0.1, 0.15) is 95.3 Å².